The molecule has 1 atom stereocenters. The van der Waals surface area contributed by atoms with E-state index in [1.807, 2.05) is 12.1 Å². The Hall–Kier alpha value is -1.33. The lowest BCUT2D eigenvalue weighted by atomic mass is 9.78. The number of anilines is 1. The summed E-state index contributed by atoms with van der Waals surface area (Å²) in [6.45, 7) is 4.09. The highest BCUT2D eigenvalue weighted by atomic mass is 35.5. The van der Waals surface area contributed by atoms with Crippen LogP contribution in [-0.4, -0.2) is 54.7 Å². The van der Waals surface area contributed by atoms with Gasteiger partial charge in [0.1, 0.15) is 5.82 Å². The van der Waals surface area contributed by atoms with E-state index in [9.17, 15) is 4.79 Å². The van der Waals surface area contributed by atoms with E-state index in [1.165, 1.54) is 0 Å². The zero-order chi connectivity index (χ0) is 16.6. The standard InChI is InChI=1S/C18H24ClN3O2/c19-15-3-1-8-20-16(15)21-9-2-6-18(13-21)7-10-22(17(18)23)14-4-11-24-12-5-14/h1,3,8,14H,2,4-7,9-13H2. The van der Waals surface area contributed by atoms with Crippen molar-refractivity contribution in [2.75, 3.05) is 37.7 Å². The van der Waals surface area contributed by atoms with Crippen LogP contribution in [-0.2, 0) is 9.53 Å². The first kappa shape index (κ1) is 16.2. The van der Waals surface area contributed by atoms with E-state index in [2.05, 4.69) is 14.8 Å². The third-order valence-electron chi connectivity index (χ3n) is 5.79. The zero-order valence-corrected chi connectivity index (χ0v) is 14.7. The smallest absolute Gasteiger partial charge is 0.230 e. The topological polar surface area (TPSA) is 45.7 Å². The Balaban J connectivity index is 1.53. The molecule has 4 rings (SSSR count). The average Bonchev–Trinajstić information content (AvgIpc) is 2.92. The normalized spacial score (nSPS) is 28.8. The van der Waals surface area contributed by atoms with Crippen molar-refractivity contribution in [2.45, 2.75) is 38.1 Å². The maximum atomic E-state index is 13.2. The molecule has 1 unspecified atom stereocenters. The highest BCUT2D eigenvalue weighted by Gasteiger charge is 2.50. The summed E-state index contributed by atoms with van der Waals surface area (Å²) >= 11 is 6.33. The van der Waals surface area contributed by atoms with Crippen molar-refractivity contribution in [3.05, 3.63) is 23.4 Å². The zero-order valence-electron chi connectivity index (χ0n) is 13.9. The Bertz CT molecular complexity index is 620. The van der Waals surface area contributed by atoms with Gasteiger partial charge in [-0.15, -0.1) is 0 Å². The molecule has 3 fully saturated rings. The predicted molar refractivity (Wildman–Crippen MR) is 93.3 cm³/mol. The van der Waals surface area contributed by atoms with Gasteiger partial charge in [0.15, 0.2) is 0 Å². The van der Waals surface area contributed by atoms with E-state index in [1.54, 1.807) is 6.20 Å². The molecule has 5 nitrogen and oxygen atoms in total. The monoisotopic (exact) mass is 349 g/mol. The summed E-state index contributed by atoms with van der Waals surface area (Å²) in [7, 11) is 0. The third-order valence-corrected chi connectivity index (χ3v) is 6.09. The van der Waals surface area contributed by atoms with Crippen LogP contribution in [0.4, 0.5) is 5.82 Å². The minimum absolute atomic E-state index is 0.253. The van der Waals surface area contributed by atoms with Crippen LogP contribution in [0, 0.1) is 5.41 Å². The molecular formula is C18H24ClN3O2. The van der Waals surface area contributed by atoms with E-state index in [-0.39, 0.29) is 5.41 Å². The Morgan fingerprint density at radius 1 is 1.25 bits per heavy atom. The van der Waals surface area contributed by atoms with Crippen LogP contribution in [0.15, 0.2) is 18.3 Å². The number of rotatable bonds is 2. The van der Waals surface area contributed by atoms with Crippen molar-refractivity contribution in [2.24, 2.45) is 5.41 Å². The molecule has 0 N–H and O–H groups in total. The van der Waals surface area contributed by atoms with Crippen LogP contribution in [0.5, 0.6) is 0 Å². The number of piperidine rings is 1. The molecule has 1 aromatic heterocycles. The Morgan fingerprint density at radius 2 is 2.08 bits per heavy atom. The lowest BCUT2D eigenvalue weighted by molar-refractivity contribution is -0.139. The van der Waals surface area contributed by atoms with Gasteiger partial charge in [0, 0.05) is 45.1 Å². The first-order valence-corrected chi connectivity index (χ1v) is 9.32. The van der Waals surface area contributed by atoms with Crippen molar-refractivity contribution in [3.8, 4) is 0 Å². The van der Waals surface area contributed by atoms with Gasteiger partial charge in [-0.3, -0.25) is 4.79 Å². The van der Waals surface area contributed by atoms with Crippen LogP contribution in [0.2, 0.25) is 5.02 Å². The number of nitrogens with zero attached hydrogens (tertiary/aromatic N) is 3. The lowest BCUT2D eigenvalue weighted by Crippen LogP contribution is -2.50. The number of aromatic nitrogens is 1. The molecule has 6 heteroatoms. The second-order valence-corrected chi connectivity index (χ2v) is 7.61. The number of carbonyl (C=O) groups is 1. The molecule has 1 amide bonds. The molecule has 0 aromatic carbocycles. The van der Waals surface area contributed by atoms with Gasteiger partial charge in [-0.05, 0) is 44.2 Å². The summed E-state index contributed by atoms with van der Waals surface area (Å²) < 4.78 is 5.45. The Morgan fingerprint density at radius 3 is 2.88 bits per heavy atom. The molecule has 0 bridgehead atoms. The van der Waals surface area contributed by atoms with Gasteiger partial charge in [0.25, 0.3) is 0 Å². The second-order valence-electron chi connectivity index (χ2n) is 7.21. The third kappa shape index (κ3) is 2.78. The van der Waals surface area contributed by atoms with Gasteiger partial charge in [-0.2, -0.15) is 0 Å². The minimum atomic E-state index is -0.253. The number of pyridine rings is 1. The molecule has 0 saturated carbocycles. The number of likely N-dealkylation sites (tertiary alicyclic amines) is 1. The number of hydrogen-bond donors (Lipinski definition) is 0. The molecule has 4 heterocycles. The Labute approximate surface area is 147 Å². The maximum Gasteiger partial charge on any atom is 0.230 e. The van der Waals surface area contributed by atoms with Crippen molar-refractivity contribution >= 4 is 23.3 Å². The molecule has 0 aliphatic carbocycles. The maximum absolute atomic E-state index is 13.2. The summed E-state index contributed by atoms with van der Waals surface area (Å²) in [6.07, 6.45) is 6.65. The molecule has 24 heavy (non-hydrogen) atoms. The van der Waals surface area contributed by atoms with Crippen LogP contribution in [0.3, 0.4) is 0 Å². The highest BCUT2D eigenvalue weighted by Crippen LogP contribution is 2.43. The van der Waals surface area contributed by atoms with E-state index in [0.29, 0.717) is 17.0 Å². The summed E-state index contributed by atoms with van der Waals surface area (Å²) in [4.78, 5) is 22.0. The first-order valence-electron chi connectivity index (χ1n) is 8.94. The second kappa shape index (κ2) is 6.52. The largest absolute Gasteiger partial charge is 0.381 e. The number of carbonyl (C=O) groups excluding carboxylic acids is 1. The predicted octanol–water partition coefficient (Wildman–Crippen LogP) is 2.73. The van der Waals surface area contributed by atoms with Crippen LogP contribution in [0.1, 0.15) is 32.1 Å². The fourth-order valence-electron chi connectivity index (χ4n) is 4.49. The van der Waals surface area contributed by atoms with Crippen molar-refractivity contribution in [1.29, 1.82) is 0 Å². The highest BCUT2D eigenvalue weighted by molar-refractivity contribution is 6.32. The van der Waals surface area contributed by atoms with Crippen molar-refractivity contribution in [3.63, 3.8) is 0 Å². The molecule has 1 spiro atoms. The fourth-order valence-corrected chi connectivity index (χ4v) is 4.74. The molecule has 3 saturated heterocycles. The van der Waals surface area contributed by atoms with Crippen LogP contribution < -0.4 is 4.90 Å². The van der Waals surface area contributed by atoms with Crippen LogP contribution >= 0.6 is 11.6 Å². The molecular weight excluding hydrogens is 326 g/mol. The van der Waals surface area contributed by atoms with Gasteiger partial charge in [-0.25, -0.2) is 4.98 Å². The lowest BCUT2D eigenvalue weighted by Gasteiger charge is -2.40. The van der Waals surface area contributed by atoms with Gasteiger partial charge < -0.3 is 14.5 Å². The van der Waals surface area contributed by atoms with E-state index in [0.717, 1.165) is 70.8 Å². The SMILES string of the molecule is O=C1N(C2CCOCC2)CCC12CCCN(c1ncccc1Cl)C2. The molecule has 0 radical (unpaired) electrons. The quantitative estimate of drug-likeness (QED) is 0.823. The molecule has 1 aromatic rings. The van der Waals surface area contributed by atoms with Gasteiger partial charge >= 0.3 is 0 Å². The average molecular weight is 350 g/mol. The summed E-state index contributed by atoms with van der Waals surface area (Å²) in [5, 5.41) is 0.668. The number of amides is 1. The van der Waals surface area contributed by atoms with E-state index < -0.39 is 0 Å². The van der Waals surface area contributed by atoms with Crippen molar-refractivity contribution < 1.29 is 9.53 Å². The summed E-state index contributed by atoms with van der Waals surface area (Å²) in [5.41, 5.74) is -0.253. The summed E-state index contributed by atoms with van der Waals surface area (Å²) in [5.74, 6) is 1.15. The summed E-state index contributed by atoms with van der Waals surface area (Å²) in [6, 6.07) is 4.08. The molecule has 130 valence electrons. The molecule has 3 aliphatic heterocycles. The number of ether oxygens (including phenoxy) is 1. The first-order chi connectivity index (χ1) is 11.7. The molecule has 3 aliphatic rings. The fraction of sp³-hybridized carbons (Fsp3) is 0.667. The van der Waals surface area contributed by atoms with E-state index >= 15 is 0 Å². The van der Waals surface area contributed by atoms with Gasteiger partial charge in [-0.1, -0.05) is 11.6 Å². The van der Waals surface area contributed by atoms with Gasteiger partial charge in [0.05, 0.1) is 10.4 Å². The number of halogens is 1. The minimum Gasteiger partial charge on any atom is -0.381 e. The van der Waals surface area contributed by atoms with Gasteiger partial charge in [0.2, 0.25) is 5.91 Å². The van der Waals surface area contributed by atoms with Crippen LogP contribution in [0.25, 0.3) is 0 Å². The number of hydrogen-bond acceptors (Lipinski definition) is 4. The van der Waals surface area contributed by atoms with Crippen molar-refractivity contribution in [1.82, 2.24) is 9.88 Å². The Kier molecular flexibility index (Phi) is 4.39. The van der Waals surface area contributed by atoms with E-state index in [4.69, 9.17) is 16.3 Å².